The van der Waals surface area contributed by atoms with Crippen molar-refractivity contribution in [3.8, 4) is 0 Å². The molecule has 1 unspecified atom stereocenters. The van der Waals surface area contributed by atoms with Crippen LogP contribution < -0.4 is 0 Å². The predicted octanol–water partition coefficient (Wildman–Crippen LogP) is 0.488. The summed E-state index contributed by atoms with van der Waals surface area (Å²) < 4.78 is 4.50. The van der Waals surface area contributed by atoms with Crippen LogP contribution in [0.5, 0.6) is 0 Å². The van der Waals surface area contributed by atoms with Gasteiger partial charge in [0, 0.05) is 0 Å². The Labute approximate surface area is 41.8 Å². The summed E-state index contributed by atoms with van der Waals surface area (Å²) in [5.74, 6) is -0.178. The molecule has 2 nitrogen and oxygen atoms in total. The standard InChI is InChI=1S/C5H6O2/c1-3-5(2)4(6)7-5/h3H,1H2,2H3. The van der Waals surface area contributed by atoms with Gasteiger partial charge in [-0.25, -0.2) is 4.79 Å². The molecule has 1 heterocycles. The highest BCUT2D eigenvalue weighted by atomic mass is 16.7. The van der Waals surface area contributed by atoms with Crippen molar-refractivity contribution >= 4 is 5.97 Å². The first-order valence-electron chi connectivity index (χ1n) is 2.06. The van der Waals surface area contributed by atoms with Crippen molar-refractivity contribution in [1.82, 2.24) is 0 Å². The zero-order valence-electron chi connectivity index (χ0n) is 4.10. The molecular formula is C5H6O2. The first-order chi connectivity index (χ1) is 3.19. The number of carbonyl (C=O) groups excluding carboxylic acids is 1. The summed E-state index contributed by atoms with van der Waals surface area (Å²) in [6.07, 6.45) is 1.50. The van der Waals surface area contributed by atoms with Crippen LogP contribution in [0.2, 0.25) is 0 Å². The molecule has 0 aromatic carbocycles. The Morgan fingerprint density at radius 2 is 2.43 bits per heavy atom. The van der Waals surface area contributed by atoms with Gasteiger partial charge in [-0.2, -0.15) is 0 Å². The SMILES string of the molecule is C=CC1(C)OC1=O. The zero-order valence-corrected chi connectivity index (χ0v) is 4.10. The fourth-order valence-electron chi connectivity index (χ4n) is 0.292. The van der Waals surface area contributed by atoms with Crippen LogP contribution in [-0.2, 0) is 9.53 Å². The molecule has 1 aliphatic heterocycles. The summed E-state index contributed by atoms with van der Waals surface area (Å²) in [4.78, 5) is 10.1. The number of epoxide rings is 1. The highest BCUT2D eigenvalue weighted by molar-refractivity contribution is 5.94. The number of ether oxygens (including phenoxy) is 1. The Morgan fingerprint density at radius 3 is 2.43 bits per heavy atom. The van der Waals surface area contributed by atoms with Crippen LogP contribution in [0.1, 0.15) is 6.92 Å². The van der Waals surface area contributed by atoms with E-state index in [0.717, 1.165) is 0 Å². The zero-order chi connectivity index (χ0) is 5.49. The van der Waals surface area contributed by atoms with Crippen LogP contribution in [0.4, 0.5) is 0 Å². The normalized spacial score (nSPS) is 37.0. The van der Waals surface area contributed by atoms with Crippen LogP contribution in [0.15, 0.2) is 12.7 Å². The molecule has 0 spiro atoms. The lowest BCUT2D eigenvalue weighted by atomic mass is 10.2. The van der Waals surface area contributed by atoms with Gasteiger partial charge in [-0.1, -0.05) is 6.58 Å². The van der Waals surface area contributed by atoms with Crippen molar-refractivity contribution in [2.24, 2.45) is 0 Å². The van der Waals surface area contributed by atoms with Gasteiger partial charge in [0.2, 0.25) is 5.60 Å². The summed E-state index contributed by atoms with van der Waals surface area (Å²) in [6.45, 7) is 5.08. The van der Waals surface area contributed by atoms with E-state index >= 15 is 0 Å². The van der Waals surface area contributed by atoms with Crippen LogP contribution in [0.3, 0.4) is 0 Å². The molecule has 0 amide bonds. The molecule has 1 fully saturated rings. The molecule has 0 radical (unpaired) electrons. The molecule has 1 aliphatic rings. The van der Waals surface area contributed by atoms with Crippen molar-refractivity contribution in [3.05, 3.63) is 12.7 Å². The van der Waals surface area contributed by atoms with E-state index in [1.807, 2.05) is 0 Å². The molecule has 7 heavy (non-hydrogen) atoms. The lowest BCUT2D eigenvalue weighted by Crippen LogP contribution is -1.98. The fraction of sp³-hybridized carbons (Fsp3) is 0.400. The molecule has 0 bridgehead atoms. The van der Waals surface area contributed by atoms with E-state index in [9.17, 15) is 4.79 Å². The van der Waals surface area contributed by atoms with Crippen molar-refractivity contribution in [3.63, 3.8) is 0 Å². The minimum atomic E-state index is -0.625. The van der Waals surface area contributed by atoms with Gasteiger partial charge in [0.05, 0.1) is 0 Å². The third-order valence-electron chi connectivity index (χ3n) is 1.06. The Balaban J connectivity index is 2.69. The first kappa shape index (κ1) is 4.37. The fourth-order valence-corrected chi connectivity index (χ4v) is 0.292. The minimum absolute atomic E-state index is 0.178. The molecule has 0 saturated carbocycles. The van der Waals surface area contributed by atoms with Crippen molar-refractivity contribution < 1.29 is 9.53 Å². The molecule has 0 aromatic rings. The van der Waals surface area contributed by atoms with Crippen LogP contribution in [0, 0.1) is 0 Å². The van der Waals surface area contributed by atoms with Gasteiger partial charge in [-0.05, 0) is 13.0 Å². The molecule has 38 valence electrons. The maximum absolute atomic E-state index is 10.1. The summed E-state index contributed by atoms with van der Waals surface area (Å²) in [5, 5.41) is 0. The molecule has 1 saturated heterocycles. The van der Waals surface area contributed by atoms with Crippen LogP contribution in [-0.4, -0.2) is 11.6 Å². The lowest BCUT2D eigenvalue weighted by Gasteiger charge is -1.81. The summed E-state index contributed by atoms with van der Waals surface area (Å²) >= 11 is 0. The Morgan fingerprint density at radius 1 is 2.00 bits per heavy atom. The van der Waals surface area contributed by atoms with Gasteiger partial charge in [-0.15, -0.1) is 0 Å². The van der Waals surface area contributed by atoms with Gasteiger partial charge in [-0.3, -0.25) is 0 Å². The summed E-state index contributed by atoms with van der Waals surface area (Å²) in [5.41, 5.74) is -0.625. The number of hydrogen-bond acceptors (Lipinski definition) is 2. The third kappa shape index (κ3) is 0.427. The minimum Gasteiger partial charge on any atom is -0.440 e. The van der Waals surface area contributed by atoms with E-state index in [1.54, 1.807) is 6.92 Å². The quantitative estimate of drug-likeness (QED) is 0.353. The van der Waals surface area contributed by atoms with Crippen molar-refractivity contribution in [2.75, 3.05) is 0 Å². The van der Waals surface area contributed by atoms with E-state index in [1.165, 1.54) is 6.08 Å². The topological polar surface area (TPSA) is 29.6 Å². The average Bonchev–Trinajstić information content (AvgIpc) is 2.18. The van der Waals surface area contributed by atoms with Crippen LogP contribution in [0.25, 0.3) is 0 Å². The number of hydrogen-bond donors (Lipinski definition) is 0. The maximum atomic E-state index is 10.1. The monoisotopic (exact) mass is 98.0 g/mol. The van der Waals surface area contributed by atoms with Crippen LogP contribution >= 0.6 is 0 Å². The van der Waals surface area contributed by atoms with Gasteiger partial charge in [0.15, 0.2) is 0 Å². The third-order valence-corrected chi connectivity index (χ3v) is 1.06. The molecule has 0 aromatic heterocycles. The smallest absolute Gasteiger partial charge is 0.355 e. The number of carbonyl (C=O) groups is 1. The lowest BCUT2D eigenvalue weighted by molar-refractivity contribution is -0.117. The average molecular weight is 98.1 g/mol. The molecule has 1 rings (SSSR count). The highest BCUT2D eigenvalue weighted by Gasteiger charge is 2.50. The summed E-state index contributed by atoms with van der Waals surface area (Å²) in [7, 11) is 0. The van der Waals surface area contributed by atoms with Gasteiger partial charge in [0.25, 0.3) is 0 Å². The molecule has 1 atom stereocenters. The molecule has 0 aliphatic carbocycles. The van der Waals surface area contributed by atoms with E-state index < -0.39 is 5.60 Å². The van der Waals surface area contributed by atoms with Gasteiger partial charge < -0.3 is 4.74 Å². The second-order valence-electron chi connectivity index (χ2n) is 1.70. The van der Waals surface area contributed by atoms with Gasteiger partial charge >= 0.3 is 5.97 Å². The summed E-state index contributed by atoms with van der Waals surface area (Å²) in [6, 6.07) is 0. The Kier molecular flexibility index (Phi) is 0.553. The van der Waals surface area contributed by atoms with Crippen molar-refractivity contribution in [1.29, 1.82) is 0 Å². The predicted molar refractivity (Wildman–Crippen MR) is 24.7 cm³/mol. The van der Waals surface area contributed by atoms with Crippen molar-refractivity contribution in [2.45, 2.75) is 12.5 Å². The molecule has 2 heteroatoms. The number of rotatable bonds is 1. The number of cyclic esters (lactones) is 1. The highest BCUT2D eigenvalue weighted by Crippen LogP contribution is 2.28. The second-order valence-corrected chi connectivity index (χ2v) is 1.70. The largest absolute Gasteiger partial charge is 0.440 e. The van der Waals surface area contributed by atoms with E-state index in [-0.39, 0.29) is 5.97 Å². The Hall–Kier alpha value is -0.790. The van der Waals surface area contributed by atoms with E-state index in [0.29, 0.717) is 0 Å². The Bertz CT molecular complexity index is 128. The maximum Gasteiger partial charge on any atom is 0.355 e. The van der Waals surface area contributed by atoms with E-state index in [2.05, 4.69) is 11.3 Å². The molecular weight excluding hydrogens is 92.1 g/mol. The first-order valence-corrected chi connectivity index (χ1v) is 2.06. The van der Waals surface area contributed by atoms with E-state index in [4.69, 9.17) is 0 Å². The molecule has 0 N–H and O–H groups in total. The second kappa shape index (κ2) is 0.886. The van der Waals surface area contributed by atoms with Gasteiger partial charge in [0.1, 0.15) is 0 Å².